The Bertz CT molecular complexity index is 624. The molecule has 10 atom stereocenters. The molecule has 160 valence electrons. The molecule has 11 nitrogen and oxygen atoms in total. The molecule has 0 spiro atoms. The molecule has 3 rings (SSSR count). The molecule has 3 aliphatic rings. The van der Waals surface area contributed by atoms with Crippen LogP contribution >= 0.6 is 0 Å². The number of fused-ring (bicyclic) bond motifs is 1. The van der Waals surface area contributed by atoms with Gasteiger partial charge in [0.15, 0.2) is 6.29 Å². The van der Waals surface area contributed by atoms with Crippen molar-refractivity contribution in [1.29, 1.82) is 0 Å². The number of aliphatic hydroxyl groups excluding tert-OH is 5. The smallest absolute Gasteiger partial charge is 0.303 e. The van der Waals surface area contributed by atoms with Crippen molar-refractivity contribution >= 4 is 5.97 Å². The van der Waals surface area contributed by atoms with Gasteiger partial charge in [0.05, 0.1) is 24.9 Å². The highest BCUT2D eigenvalue weighted by atomic mass is 16.8. The van der Waals surface area contributed by atoms with Crippen LogP contribution in [-0.2, 0) is 23.7 Å². The SMILES string of the molecule is CC(=O)O[C@@]1(C)C[C@H](O)[C@@]2(O)C=CO[C@@H](O[C@H]3O[C@@H](CO)[C@@H](O)[C@@H](O)[C@H]3O)[C@@H]21. The van der Waals surface area contributed by atoms with E-state index >= 15 is 0 Å². The van der Waals surface area contributed by atoms with E-state index in [9.17, 15) is 35.4 Å². The average molecular weight is 406 g/mol. The molecule has 28 heavy (non-hydrogen) atoms. The van der Waals surface area contributed by atoms with Gasteiger partial charge in [-0.2, -0.15) is 0 Å². The minimum Gasteiger partial charge on any atom is -0.472 e. The highest BCUT2D eigenvalue weighted by Crippen LogP contribution is 2.51. The zero-order valence-corrected chi connectivity index (χ0v) is 15.4. The fraction of sp³-hybridized carbons (Fsp3) is 0.824. The quantitative estimate of drug-likeness (QED) is 0.264. The summed E-state index contributed by atoms with van der Waals surface area (Å²) < 4.78 is 21.7. The number of esters is 1. The Morgan fingerprint density at radius 2 is 1.86 bits per heavy atom. The van der Waals surface area contributed by atoms with E-state index in [0.29, 0.717) is 0 Å². The van der Waals surface area contributed by atoms with Crippen LogP contribution in [0.1, 0.15) is 20.3 Å². The van der Waals surface area contributed by atoms with E-state index in [0.717, 1.165) is 6.26 Å². The van der Waals surface area contributed by atoms with Crippen molar-refractivity contribution in [2.24, 2.45) is 5.92 Å². The van der Waals surface area contributed by atoms with Crippen LogP contribution < -0.4 is 0 Å². The minimum absolute atomic E-state index is 0.101. The molecule has 2 aliphatic heterocycles. The van der Waals surface area contributed by atoms with Crippen LogP contribution in [-0.4, -0.2) is 97.5 Å². The average Bonchev–Trinajstić information content (AvgIpc) is 2.81. The lowest BCUT2D eigenvalue weighted by molar-refractivity contribution is -0.351. The Labute approximate surface area is 160 Å². The fourth-order valence-electron chi connectivity index (χ4n) is 4.25. The minimum atomic E-state index is -1.85. The van der Waals surface area contributed by atoms with Crippen molar-refractivity contribution in [3.05, 3.63) is 12.3 Å². The maximum atomic E-state index is 11.6. The third kappa shape index (κ3) is 3.42. The van der Waals surface area contributed by atoms with E-state index in [1.807, 2.05) is 0 Å². The summed E-state index contributed by atoms with van der Waals surface area (Å²) in [5.41, 5.74) is -3.22. The predicted octanol–water partition coefficient (Wildman–Crippen LogP) is -2.89. The first-order valence-electron chi connectivity index (χ1n) is 8.92. The van der Waals surface area contributed by atoms with Crippen LogP contribution in [0.5, 0.6) is 0 Å². The number of aliphatic hydroxyl groups is 6. The standard InChI is InChI=1S/C17H26O11/c1-7(19)28-16(2)5-9(20)17(24)3-4-25-15(13(16)17)27-14-12(23)11(22)10(21)8(6-18)26-14/h3-4,8-15,18,20-24H,5-6H2,1-2H3/t8-,9-,10+,11+,12+,13+,14+,15-,16-,17-/m0/s1. The van der Waals surface area contributed by atoms with E-state index in [1.165, 1.54) is 19.9 Å². The molecule has 2 fully saturated rings. The number of carbonyl (C=O) groups excluding carboxylic acids is 1. The molecule has 1 aliphatic carbocycles. The van der Waals surface area contributed by atoms with Crippen molar-refractivity contribution in [1.82, 2.24) is 0 Å². The molecule has 6 N–H and O–H groups in total. The Morgan fingerprint density at radius 3 is 2.46 bits per heavy atom. The van der Waals surface area contributed by atoms with Gasteiger partial charge in [-0.15, -0.1) is 0 Å². The summed E-state index contributed by atoms with van der Waals surface area (Å²) in [7, 11) is 0. The van der Waals surface area contributed by atoms with Crippen LogP contribution in [0.2, 0.25) is 0 Å². The lowest BCUT2D eigenvalue weighted by atomic mass is 9.81. The number of ether oxygens (including phenoxy) is 4. The molecule has 0 amide bonds. The molecule has 1 saturated heterocycles. The van der Waals surface area contributed by atoms with Crippen molar-refractivity contribution in [3.63, 3.8) is 0 Å². The molecule has 0 unspecified atom stereocenters. The molecule has 0 radical (unpaired) electrons. The van der Waals surface area contributed by atoms with Gasteiger partial charge < -0.3 is 49.6 Å². The topological polar surface area (TPSA) is 175 Å². The van der Waals surface area contributed by atoms with Crippen molar-refractivity contribution in [2.75, 3.05) is 6.61 Å². The highest BCUT2D eigenvalue weighted by Gasteiger charge is 2.66. The van der Waals surface area contributed by atoms with Gasteiger partial charge in [0.25, 0.3) is 0 Å². The first-order chi connectivity index (χ1) is 13.0. The Kier molecular flexibility index (Phi) is 5.73. The Hall–Kier alpha value is -1.31. The van der Waals surface area contributed by atoms with E-state index in [-0.39, 0.29) is 6.42 Å². The number of hydrogen-bond acceptors (Lipinski definition) is 11. The molecule has 11 heteroatoms. The van der Waals surface area contributed by atoms with Crippen LogP contribution in [0.15, 0.2) is 12.3 Å². The van der Waals surface area contributed by atoms with Gasteiger partial charge in [0.2, 0.25) is 6.29 Å². The lowest BCUT2D eigenvalue weighted by Gasteiger charge is -2.45. The van der Waals surface area contributed by atoms with Gasteiger partial charge in [-0.25, -0.2) is 0 Å². The van der Waals surface area contributed by atoms with Gasteiger partial charge in [0.1, 0.15) is 35.6 Å². The number of rotatable bonds is 4. The van der Waals surface area contributed by atoms with E-state index in [1.54, 1.807) is 0 Å². The Balaban J connectivity index is 1.87. The first-order valence-corrected chi connectivity index (χ1v) is 8.92. The summed E-state index contributed by atoms with van der Waals surface area (Å²) in [5, 5.41) is 60.6. The van der Waals surface area contributed by atoms with Gasteiger partial charge in [0, 0.05) is 13.3 Å². The summed E-state index contributed by atoms with van der Waals surface area (Å²) in [5.74, 6) is -1.74. The van der Waals surface area contributed by atoms with Gasteiger partial charge in [-0.1, -0.05) is 0 Å². The zero-order chi connectivity index (χ0) is 20.9. The molecular weight excluding hydrogens is 380 g/mol. The maximum absolute atomic E-state index is 11.6. The van der Waals surface area contributed by atoms with E-state index in [4.69, 9.17) is 18.9 Å². The van der Waals surface area contributed by atoms with Crippen LogP contribution in [0.25, 0.3) is 0 Å². The third-order valence-corrected chi connectivity index (χ3v) is 5.60. The predicted molar refractivity (Wildman–Crippen MR) is 88.1 cm³/mol. The summed E-state index contributed by atoms with van der Waals surface area (Å²) in [6, 6.07) is 0. The third-order valence-electron chi connectivity index (χ3n) is 5.60. The Morgan fingerprint density at radius 1 is 1.18 bits per heavy atom. The fourth-order valence-corrected chi connectivity index (χ4v) is 4.25. The summed E-state index contributed by atoms with van der Waals surface area (Å²) in [6.07, 6.45) is -8.06. The second-order valence-corrected chi connectivity index (χ2v) is 7.63. The molecule has 2 heterocycles. The lowest BCUT2D eigenvalue weighted by Crippen LogP contribution is -2.62. The number of carbonyl (C=O) groups is 1. The molecule has 0 aromatic rings. The normalized spacial score (nSPS) is 50.7. The first kappa shape index (κ1) is 21.4. The molecule has 0 aromatic heterocycles. The van der Waals surface area contributed by atoms with Crippen LogP contribution in [0.3, 0.4) is 0 Å². The van der Waals surface area contributed by atoms with Crippen molar-refractivity contribution in [2.45, 2.75) is 74.6 Å². The maximum Gasteiger partial charge on any atom is 0.303 e. The van der Waals surface area contributed by atoms with Crippen LogP contribution in [0.4, 0.5) is 0 Å². The molecule has 1 saturated carbocycles. The second-order valence-electron chi connectivity index (χ2n) is 7.63. The van der Waals surface area contributed by atoms with Gasteiger partial charge in [-0.3, -0.25) is 4.79 Å². The van der Waals surface area contributed by atoms with Crippen LogP contribution in [0, 0.1) is 5.92 Å². The van der Waals surface area contributed by atoms with E-state index in [2.05, 4.69) is 0 Å². The summed E-state index contributed by atoms with van der Waals surface area (Å²) in [6.45, 7) is 2.04. The van der Waals surface area contributed by atoms with Gasteiger partial charge in [-0.05, 0) is 13.0 Å². The zero-order valence-electron chi connectivity index (χ0n) is 15.4. The highest BCUT2D eigenvalue weighted by molar-refractivity contribution is 5.66. The monoisotopic (exact) mass is 406 g/mol. The summed E-state index contributed by atoms with van der Waals surface area (Å²) in [4.78, 5) is 11.6. The van der Waals surface area contributed by atoms with Gasteiger partial charge >= 0.3 is 5.97 Å². The molecular formula is C17H26O11. The second kappa shape index (κ2) is 7.50. The van der Waals surface area contributed by atoms with Crippen molar-refractivity contribution in [3.8, 4) is 0 Å². The largest absolute Gasteiger partial charge is 0.472 e. The summed E-state index contributed by atoms with van der Waals surface area (Å²) >= 11 is 0. The number of hydrogen-bond donors (Lipinski definition) is 6. The van der Waals surface area contributed by atoms with E-state index < -0.39 is 72.8 Å². The van der Waals surface area contributed by atoms with Crippen molar-refractivity contribution < 1.29 is 54.4 Å². The molecule has 0 aromatic carbocycles. The molecule has 0 bridgehead atoms.